The van der Waals surface area contributed by atoms with Gasteiger partial charge >= 0.3 is 0 Å². The highest BCUT2D eigenvalue weighted by Crippen LogP contribution is 2.29. The van der Waals surface area contributed by atoms with Gasteiger partial charge in [0.2, 0.25) is 5.91 Å². The zero-order chi connectivity index (χ0) is 11.3. The summed E-state index contributed by atoms with van der Waals surface area (Å²) in [5.41, 5.74) is 0. The predicted molar refractivity (Wildman–Crippen MR) is 62.7 cm³/mol. The summed E-state index contributed by atoms with van der Waals surface area (Å²) in [6.45, 7) is 6.61. The van der Waals surface area contributed by atoms with Crippen molar-refractivity contribution in [3.63, 3.8) is 0 Å². The summed E-state index contributed by atoms with van der Waals surface area (Å²) < 4.78 is 0. The van der Waals surface area contributed by atoms with Crippen LogP contribution in [0.4, 0.5) is 0 Å². The van der Waals surface area contributed by atoms with Crippen LogP contribution >= 0.6 is 0 Å². The third-order valence-electron chi connectivity index (χ3n) is 3.41. The van der Waals surface area contributed by atoms with Crippen molar-refractivity contribution in [3.05, 3.63) is 0 Å². The van der Waals surface area contributed by atoms with E-state index in [9.17, 15) is 4.79 Å². The van der Waals surface area contributed by atoms with Gasteiger partial charge in [0, 0.05) is 13.6 Å². The number of likely N-dealkylation sites (N-methyl/N-ethyl adjacent to an activating group) is 1. The average molecular weight is 212 g/mol. The van der Waals surface area contributed by atoms with Gasteiger partial charge in [0.05, 0.1) is 6.54 Å². The molecule has 0 aromatic rings. The number of hydrogen-bond donors (Lipinski definition) is 1. The molecule has 1 rings (SSSR count). The van der Waals surface area contributed by atoms with Crippen molar-refractivity contribution in [2.45, 2.75) is 33.1 Å². The lowest BCUT2D eigenvalue weighted by Crippen LogP contribution is -2.36. The van der Waals surface area contributed by atoms with Crippen LogP contribution in [0, 0.1) is 11.8 Å². The number of nitrogens with one attached hydrogen (secondary N) is 1. The lowest BCUT2D eigenvalue weighted by atomic mass is 10.1. The maximum absolute atomic E-state index is 11.5. The maximum Gasteiger partial charge on any atom is 0.236 e. The van der Waals surface area contributed by atoms with Crippen LogP contribution in [0.25, 0.3) is 0 Å². The van der Waals surface area contributed by atoms with Crippen LogP contribution in [0.2, 0.25) is 0 Å². The molecule has 1 fully saturated rings. The fourth-order valence-corrected chi connectivity index (χ4v) is 2.20. The molecule has 1 N–H and O–H groups in total. The van der Waals surface area contributed by atoms with Crippen LogP contribution in [0.5, 0.6) is 0 Å². The molecule has 1 aliphatic rings. The van der Waals surface area contributed by atoms with Gasteiger partial charge in [0.25, 0.3) is 0 Å². The Balaban J connectivity index is 2.08. The van der Waals surface area contributed by atoms with Gasteiger partial charge in [-0.3, -0.25) is 4.79 Å². The molecule has 0 bridgehead atoms. The molecular weight excluding hydrogens is 188 g/mol. The predicted octanol–water partition coefficient (Wildman–Crippen LogP) is 1.49. The maximum atomic E-state index is 11.5. The summed E-state index contributed by atoms with van der Waals surface area (Å²) in [5.74, 6) is 1.87. The SMILES string of the molecule is CCN(C)C(=O)CNCC1CCC(C)C1. The Hall–Kier alpha value is -0.570. The molecule has 3 heteroatoms. The third kappa shape index (κ3) is 4.20. The summed E-state index contributed by atoms with van der Waals surface area (Å²) >= 11 is 0. The van der Waals surface area contributed by atoms with E-state index < -0.39 is 0 Å². The fraction of sp³-hybridized carbons (Fsp3) is 0.917. The molecule has 88 valence electrons. The Bertz CT molecular complexity index is 206. The monoisotopic (exact) mass is 212 g/mol. The lowest BCUT2D eigenvalue weighted by molar-refractivity contribution is -0.128. The Kier molecular flexibility index (Phi) is 5.09. The number of amides is 1. The molecule has 0 aliphatic heterocycles. The molecule has 0 aromatic carbocycles. The first kappa shape index (κ1) is 12.5. The Morgan fingerprint density at radius 2 is 2.20 bits per heavy atom. The van der Waals surface area contributed by atoms with Crippen molar-refractivity contribution in [2.75, 3.05) is 26.7 Å². The van der Waals surface area contributed by atoms with E-state index in [1.807, 2.05) is 14.0 Å². The highest BCUT2D eigenvalue weighted by atomic mass is 16.2. The molecule has 1 aliphatic carbocycles. The van der Waals surface area contributed by atoms with Crippen LogP contribution in [0.3, 0.4) is 0 Å². The minimum Gasteiger partial charge on any atom is -0.345 e. The first-order valence-corrected chi connectivity index (χ1v) is 6.08. The van der Waals surface area contributed by atoms with Gasteiger partial charge in [-0.2, -0.15) is 0 Å². The van der Waals surface area contributed by atoms with E-state index in [0.717, 1.165) is 24.9 Å². The average Bonchev–Trinajstić information content (AvgIpc) is 2.63. The number of carbonyl (C=O) groups excluding carboxylic acids is 1. The van der Waals surface area contributed by atoms with E-state index >= 15 is 0 Å². The molecule has 2 unspecified atom stereocenters. The Morgan fingerprint density at radius 3 is 2.73 bits per heavy atom. The third-order valence-corrected chi connectivity index (χ3v) is 3.41. The zero-order valence-corrected chi connectivity index (χ0v) is 10.3. The lowest BCUT2D eigenvalue weighted by Gasteiger charge is -2.16. The molecule has 1 saturated carbocycles. The molecule has 2 atom stereocenters. The van der Waals surface area contributed by atoms with Gasteiger partial charge in [-0.15, -0.1) is 0 Å². The molecule has 1 amide bonds. The molecule has 0 heterocycles. The van der Waals surface area contributed by atoms with Gasteiger partial charge in [0.1, 0.15) is 0 Å². The number of hydrogen-bond acceptors (Lipinski definition) is 2. The second-order valence-electron chi connectivity index (χ2n) is 4.82. The molecule has 0 saturated heterocycles. The summed E-state index contributed by atoms with van der Waals surface area (Å²) in [7, 11) is 1.85. The molecule has 0 radical (unpaired) electrons. The zero-order valence-electron chi connectivity index (χ0n) is 10.3. The van der Waals surface area contributed by atoms with Crippen molar-refractivity contribution in [3.8, 4) is 0 Å². The van der Waals surface area contributed by atoms with Gasteiger partial charge in [-0.25, -0.2) is 0 Å². The van der Waals surface area contributed by atoms with Crippen molar-refractivity contribution in [1.29, 1.82) is 0 Å². The van der Waals surface area contributed by atoms with Crippen LogP contribution in [0.15, 0.2) is 0 Å². The summed E-state index contributed by atoms with van der Waals surface area (Å²) in [6, 6.07) is 0. The van der Waals surface area contributed by atoms with E-state index in [-0.39, 0.29) is 5.91 Å². The summed E-state index contributed by atoms with van der Waals surface area (Å²) in [4.78, 5) is 13.2. The molecule has 3 nitrogen and oxygen atoms in total. The highest BCUT2D eigenvalue weighted by Gasteiger charge is 2.20. The van der Waals surface area contributed by atoms with E-state index in [1.54, 1.807) is 4.90 Å². The topological polar surface area (TPSA) is 32.3 Å². The summed E-state index contributed by atoms with van der Waals surface area (Å²) in [5, 5.41) is 3.27. The van der Waals surface area contributed by atoms with Crippen LogP contribution in [0.1, 0.15) is 33.1 Å². The van der Waals surface area contributed by atoms with Crippen molar-refractivity contribution in [1.82, 2.24) is 10.2 Å². The van der Waals surface area contributed by atoms with Crippen molar-refractivity contribution in [2.24, 2.45) is 11.8 Å². The van der Waals surface area contributed by atoms with E-state index in [4.69, 9.17) is 0 Å². The van der Waals surface area contributed by atoms with Gasteiger partial charge in [-0.05, 0) is 38.1 Å². The van der Waals surface area contributed by atoms with Crippen molar-refractivity contribution >= 4 is 5.91 Å². The van der Waals surface area contributed by atoms with Gasteiger partial charge in [0.15, 0.2) is 0 Å². The summed E-state index contributed by atoms with van der Waals surface area (Å²) in [6.07, 6.45) is 4.01. The smallest absolute Gasteiger partial charge is 0.236 e. The first-order valence-electron chi connectivity index (χ1n) is 6.08. The molecule has 0 aromatic heterocycles. The molecule has 0 spiro atoms. The normalized spacial score (nSPS) is 25.5. The highest BCUT2D eigenvalue weighted by molar-refractivity contribution is 5.77. The fourth-order valence-electron chi connectivity index (χ4n) is 2.20. The molecule has 15 heavy (non-hydrogen) atoms. The standard InChI is InChI=1S/C12H24N2O/c1-4-14(3)12(15)9-13-8-11-6-5-10(2)7-11/h10-11,13H,4-9H2,1-3H3. The minimum absolute atomic E-state index is 0.198. The van der Waals surface area contributed by atoms with Gasteiger partial charge < -0.3 is 10.2 Å². The van der Waals surface area contributed by atoms with Crippen LogP contribution in [-0.4, -0.2) is 37.5 Å². The minimum atomic E-state index is 0.198. The van der Waals surface area contributed by atoms with E-state index in [0.29, 0.717) is 6.54 Å². The number of rotatable bonds is 5. The quantitative estimate of drug-likeness (QED) is 0.749. The number of carbonyl (C=O) groups is 1. The Labute approximate surface area is 93.2 Å². The van der Waals surface area contributed by atoms with E-state index in [1.165, 1.54) is 19.3 Å². The molecular formula is C12H24N2O. The second kappa shape index (κ2) is 6.11. The Morgan fingerprint density at radius 1 is 1.47 bits per heavy atom. The van der Waals surface area contributed by atoms with Gasteiger partial charge in [-0.1, -0.05) is 13.3 Å². The largest absolute Gasteiger partial charge is 0.345 e. The first-order chi connectivity index (χ1) is 7.13. The van der Waals surface area contributed by atoms with Crippen LogP contribution < -0.4 is 5.32 Å². The number of nitrogens with zero attached hydrogens (tertiary/aromatic N) is 1. The van der Waals surface area contributed by atoms with Crippen LogP contribution in [-0.2, 0) is 4.79 Å². The van der Waals surface area contributed by atoms with E-state index in [2.05, 4.69) is 12.2 Å². The van der Waals surface area contributed by atoms with Crippen molar-refractivity contribution < 1.29 is 4.79 Å². The second-order valence-corrected chi connectivity index (χ2v) is 4.82.